The maximum atomic E-state index is 12.5. The molecule has 6 nitrogen and oxygen atoms in total. The molecular weight excluding hydrogens is 440 g/mol. The third kappa shape index (κ3) is 4.82. The second-order valence-corrected chi connectivity index (χ2v) is 8.71. The molecule has 0 radical (unpaired) electrons. The van der Waals surface area contributed by atoms with Gasteiger partial charge in [0.2, 0.25) is 0 Å². The van der Waals surface area contributed by atoms with Gasteiger partial charge in [-0.15, -0.1) is 0 Å². The molecule has 0 unspecified atom stereocenters. The summed E-state index contributed by atoms with van der Waals surface area (Å²) >= 11 is 0. The van der Waals surface area contributed by atoms with Gasteiger partial charge in [-0.3, -0.25) is 10.1 Å². The van der Waals surface area contributed by atoms with Gasteiger partial charge < -0.3 is 14.5 Å². The van der Waals surface area contributed by atoms with Crippen LogP contribution in [0.2, 0.25) is 0 Å². The average Bonchev–Trinajstić information content (AvgIpc) is 3.54. The van der Waals surface area contributed by atoms with Crippen LogP contribution in [0.3, 0.4) is 0 Å². The number of aromatic nitrogens is 1. The van der Waals surface area contributed by atoms with Crippen molar-refractivity contribution in [2.45, 2.75) is 31.5 Å². The molecule has 5 rings (SSSR count). The predicted molar refractivity (Wildman–Crippen MR) is 135 cm³/mol. The fourth-order valence-electron chi connectivity index (χ4n) is 4.29. The van der Waals surface area contributed by atoms with Gasteiger partial charge in [0.25, 0.3) is 6.47 Å². The standard InChI is InChI=1S/C29H26N2O4/c1-20(21-5-3-2-4-6-21)35-28(33)31-27-26(15-18-30-27)24-9-7-22(8-10-24)23-11-13-25(14-12-23)29(16-17-29)34-19-32/h2-15,18-20,30H,16-17H2,1H3,(H,31,33)/t20-/m1/s1. The van der Waals surface area contributed by atoms with Gasteiger partial charge in [-0.1, -0.05) is 78.9 Å². The summed E-state index contributed by atoms with van der Waals surface area (Å²) in [7, 11) is 0. The highest BCUT2D eigenvalue weighted by Gasteiger charge is 2.46. The second kappa shape index (κ2) is 9.50. The third-order valence-electron chi connectivity index (χ3n) is 6.44. The van der Waals surface area contributed by atoms with Crippen molar-refractivity contribution in [1.29, 1.82) is 0 Å². The molecule has 3 aromatic carbocycles. The molecule has 0 aliphatic heterocycles. The van der Waals surface area contributed by atoms with Crippen LogP contribution in [0.15, 0.2) is 91.1 Å². The van der Waals surface area contributed by atoms with Gasteiger partial charge in [-0.2, -0.15) is 0 Å². The van der Waals surface area contributed by atoms with Gasteiger partial charge in [0, 0.05) is 11.8 Å². The van der Waals surface area contributed by atoms with Gasteiger partial charge in [0.15, 0.2) is 0 Å². The molecule has 1 amide bonds. The van der Waals surface area contributed by atoms with Crippen LogP contribution in [0, 0.1) is 0 Å². The number of aromatic amines is 1. The minimum absolute atomic E-state index is 0.361. The smallest absolute Gasteiger partial charge is 0.413 e. The van der Waals surface area contributed by atoms with E-state index in [-0.39, 0.29) is 6.10 Å². The van der Waals surface area contributed by atoms with E-state index in [9.17, 15) is 9.59 Å². The molecule has 1 atom stereocenters. The highest BCUT2D eigenvalue weighted by atomic mass is 16.6. The van der Waals surface area contributed by atoms with Crippen molar-refractivity contribution in [3.63, 3.8) is 0 Å². The minimum Gasteiger partial charge on any atom is -0.456 e. The van der Waals surface area contributed by atoms with Crippen LogP contribution in [-0.4, -0.2) is 17.5 Å². The quantitative estimate of drug-likeness (QED) is 0.279. The molecule has 6 heteroatoms. The Hall–Kier alpha value is -4.32. The summed E-state index contributed by atoms with van der Waals surface area (Å²) in [6.07, 6.45) is 2.64. The molecule has 176 valence electrons. The largest absolute Gasteiger partial charge is 0.456 e. The van der Waals surface area contributed by atoms with E-state index >= 15 is 0 Å². The van der Waals surface area contributed by atoms with Crippen molar-refractivity contribution < 1.29 is 19.1 Å². The molecule has 2 N–H and O–H groups in total. The first-order chi connectivity index (χ1) is 17.1. The Kier molecular flexibility index (Phi) is 6.10. The number of nitrogens with one attached hydrogen (secondary N) is 2. The number of benzene rings is 3. The maximum Gasteiger partial charge on any atom is 0.413 e. The highest BCUT2D eigenvalue weighted by Crippen LogP contribution is 2.49. The SMILES string of the molecule is C[C@@H](OC(=O)Nc1[nH]ccc1-c1ccc(-c2ccc(C3(OC=O)CC3)cc2)cc1)c1ccccc1. The lowest BCUT2D eigenvalue weighted by Gasteiger charge is -2.15. The monoisotopic (exact) mass is 466 g/mol. The summed E-state index contributed by atoms with van der Waals surface area (Å²) in [5.41, 5.74) is 5.52. The number of hydrogen-bond donors (Lipinski definition) is 2. The number of anilines is 1. The molecule has 1 aliphatic carbocycles. The number of carbonyl (C=O) groups is 2. The number of ether oxygens (including phenoxy) is 2. The van der Waals surface area contributed by atoms with Crippen molar-refractivity contribution in [2.75, 3.05) is 5.32 Å². The summed E-state index contributed by atoms with van der Waals surface area (Å²) < 4.78 is 10.8. The molecule has 35 heavy (non-hydrogen) atoms. The van der Waals surface area contributed by atoms with Crippen LogP contribution in [0.4, 0.5) is 10.6 Å². The zero-order valence-corrected chi connectivity index (χ0v) is 19.4. The molecule has 4 aromatic rings. The first kappa shape index (κ1) is 22.5. The van der Waals surface area contributed by atoms with E-state index in [1.807, 2.05) is 91.9 Å². The highest BCUT2D eigenvalue weighted by molar-refractivity contribution is 5.90. The number of rotatable bonds is 8. The minimum atomic E-state index is -0.520. The summed E-state index contributed by atoms with van der Waals surface area (Å²) in [5, 5.41) is 2.82. The van der Waals surface area contributed by atoms with E-state index in [2.05, 4.69) is 10.3 Å². The van der Waals surface area contributed by atoms with Crippen molar-refractivity contribution >= 4 is 18.4 Å². The lowest BCUT2D eigenvalue weighted by atomic mass is 9.99. The fourth-order valence-corrected chi connectivity index (χ4v) is 4.29. The van der Waals surface area contributed by atoms with Crippen LogP contribution < -0.4 is 5.32 Å². The van der Waals surface area contributed by atoms with Gasteiger partial charge in [0.1, 0.15) is 17.5 Å². The van der Waals surface area contributed by atoms with Crippen LogP contribution in [0.1, 0.15) is 37.0 Å². The molecule has 1 aromatic heterocycles. The second-order valence-electron chi connectivity index (χ2n) is 8.71. The topological polar surface area (TPSA) is 80.4 Å². The Balaban J connectivity index is 1.26. The molecule has 0 bridgehead atoms. The Morgan fingerprint density at radius 3 is 2.17 bits per heavy atom. The first-order valence-corrected chi connectivity index (χ1v) is 11.6. The van der Waals surface area contributed by atoms with Crippen LogP contribution >= 0.6 is 0 Å². The zero-order valence-electron chi connectivity index (χ0n) is 19.4. The Labute approximate surface area is 203 Å². The lowest BCUT2D eigenvalue weighted by Crippen LogP contribution is -2.16. The van der Waals surface area contributed by atoms with Gasteiger partial charge >= 0.3 is 6.09 Å². The van der Waals surface area contributed by atoms with E-state index in [0.717, 1.165) is 46.2 Å². The van der Waals surface area contributed by atoms with E-state index in [4.69, 9.17) is 9.47 Å². The Morgan fingerprint density at radius 2 is 1.54 bits per heavy atom. The van der Waals surface area contributed by atoms with Crippen LogP contribution in [-0.2, 0) is 19.9 Å². The van der Waals surface area contributed by atoms with Crippen molar-refractivity contribution in [2.24, 2.45) is 0 Å². The molecular formula is C29H26N2O4. The Bertz CT molecular complexity index is 1310. The van der Waals surface area contributed by atoms with E-state index in [1.165, 1.54) is 0 Å². The summed E-state index contributed by atoms with van der Waals surface area (Å²) in [5.74, 6) is 0.581. The number of carbonyl (C=O) groups excluding carboxylic acids is 2. The molecule has 0 saturated heterocycles. The zero-order chi connectivity index (χ0) is 24.3. The number of hydrogen-bond acceptors (Lipinski definition) is 4. The van der Waals surface area contributed by atoms with Gasteiger partial charge in [-0.25, -0.2) is 4.79 Å². The normalized spacial score (nSPS) is 14.5. The molecule has 1 aliphatic rings. The lowest BCUT2D eigenvalue weighted by molar-refractivity contribution is -0.136. The number of H-pyrrole nitrogens is 1. The average molecular weight is 467 g/mol. The molecule has 0 spiro atoms. The predicted octanol–water partition coefficient (Wildman–Crippen LogP) is 6.82. The fraction of sp³-hybridized carbons (Fsp3) is 0.172. The van der Waals surface area contributed by atoms with Crippen LogP contribution in [0.25, 0.3) is 22.3 Å². The number of amides is 1. The summed E-state index contributed by atoms with van der Waals surface area (Å²) in [6.45, 7) is 2.38. The van der Waals surface area contributed by atoms with Gasteiger partial charge in [0.05, 0.1) is 0 Å². The first-order valence-electron chi connectivity index (χ1n) is 11.6. The van der Waals surface area contributed by atoms with E-state index in [0.29, 0.717) is 12.3 Å². The van der Waals surface area contributed by atoms with Crippen LogP contribution in [0.5, 0.6) is 0 Å². The van der Waals surface area contributed by atoms with E-state index in [1.54, 1.807) is 6.20 Å². The maximum absolute atomic E-state index is 12.5. The Morgan fingerprint density at radius 1 is 0.914 bits per heavy atom. The van der Waals surface area contributed by atoms with Crippen molar-refractivity contribution in [3.05, 3.63) is 102 Å². The van der Waals surface area contributed by atoms with Gasteiger partial charge in [-0.05, 0) is 53.6 Å². The molecule has 1 heterocycles. The molecule has 1 saturated carbocycles. The summed E-state index contributed by atoms with van der Waals surface area (Å²) in [4.78, 5) is 26.3. The van der Waals surface area contributed by atoms with Crippen molar-refractivity contribution in [3.8, 4) is 22.3 Å². The van der Waals surface area contributed by atoms with Crippen molar-refractivity contribution in [1.82, 2.24) is 4.98 Å². The molecule has 1 fully saturated rings. The third-order valence-corrected chi connectivity index (χ3v) is 6.44. The summed E-state index contributed by atoms with van der Waals surface area (Å²) in [6, 6.07) is 27.8. The van der Waals surface area contributed by atoms with E-state index < -0.39 is 11.7 Å².